The Hall–Kier alpha value is -1.30. The van der Waals surface area contributed by atoms with Crippen LogP contribution in [0, 0.1) is 0 Å². The molecule has 1 amide bonds. The maximum atomic E-state index is 12.2. The van der Waals surface area contributed by atoms with E-state index in [0.717, 1.165) is 26.1 Å². The first-order valence-corrected chi connectivity index (χ1v) is 7.56. The van der Waals surface area contributed by atoms with Gasteiger partial charge in [0.25, 0.3) is 5.91 Å². The fraction of sp³-hybridized carbons (Fsp3) is 0.533. The van der Waals surface area contributed by atoms with Crippen molar-refractivity contribution in [1.29, 1.82) is 0 Å². The van der Waals surface area contributed by atoms with E-state index in [9.17, 15) is 9.90 Å². The van der Waals surface area contributed by atoms with E-state index in [1.165, 1.54) is 6.07 Å². The molecule has 2 heterocycles. The zero-order valence-electron chi connectivity index (χ0n) is 11.9. The van der Waals surface area contributed by atoms with Crippen LogP contribution in [0.2, 0.25) is 5.02 Å². The molecule has 0 aliphatic carbocycles. The zero-order valence-corrected chi connectivity index (χ0v) is 12.6. The van der Waals surface area contributed by atoms with Crippen LogP contribution in [0.25, 0.3) is 0 Å². The molecule has 21 heavy (non-hydrogen) atoms. The van der Waals surface area contributed by atoms with Crippen LogP contribution in [-0.4, -0.2) is 53.8 Å². The lowest BCUT2D eigenvalue weighted by atomic mass is 10.1. The topological polar surface area (TPSA) is 61.8 Å². The summed E-state index contributed by atoms with van der Waals surface area (Å²) in [5, 5.41) is 13.2. The lowest BCUT2D eigenvalue weighted by molar-refractivity contribution is -0.0390. The Balaban J connectivity index is 1.63. The number of ether oxygens (including phenoxy) is 1. The molecule has 0 saturated carbocycles. The molecule has 3 atom stereocenters. The second-order valence-electron chi connectivity index (χ2n) is 5.82. The molecule has 6 heteroatoms. The number of nitrogens with zero attached hydrogens (tertiary/aromatic N) is 1. The summed E-state index contributed by atoms with van der Waals surface area (Å²) in [4.78, 5) is 14.6. The standard InChI is InChI=1S/C15H19ClN2O3/c1-9-6-18-7-11(5-12(18)8-21-9)17-15(20)13-3-2-10(16)4-14(13)19/h2-4,9,11-12,19H,5-8H2,1H3,(H,17,20)/t9-,11+,12-/m0/s1. The first kappa shape index (κ1) is 14.6. The summed E-state index contributed by atoms with van der Waals surface area (Å²) in [5.74, 6) is -0.351. The molecule has 0 radical (unpaired) electrons. The maximum Gasteiger partial charge on any atom is 0.255 e. The normalized spacial score (nSPS) is 29.1. The van der Waals surface area contributed by atoms with Crippen LogP contribution in [0.1, 0.15) is 23.7 Å². The molecule has 5 nitrogen and oxygen atoms in total. The number of benzene rings is 1. The average Bonchev–Trinajstić information content (AvgIpc) is 2.79. The molecule has 0 unspecified atom stereocenters. The van der Waals surface area contributed by atoms with Crippen LogP contribution >= 0.6 is 11.6 Å². The van der Waals surface area contributed by atoms with Gasteiger partial charge in [-0.15, -0.1) is 0 Å². The number of fused-ring (bicyclic) bond motifs is 1. The van der Waals surface area contributed by atoms with Crippen LogP contribution in [0.4, 0.5) is 0 Å². The zero-order chi connectivity index (χ0) is 15.0. The maximum absolute atomic E-state index is 12.2. The largest absolute Gasteiger partial charge is 0.507 e. The van der Waals surface area contributed by atoms with Crippen molar-refractivity contribution in [2.45, 2.75) is 31.5 Å². The van der Waals surface area contributed by atoms with Crippen molar-refractivity contribution in [3.8, 4) is 5.75 Å². The minimum Gasteiger partial charge on any atom is -0.507 e. The fourth-order valence-corrected chi connectivity index (χ4v) is 3.27. The molecule has 2 fully saturated rings. The second-order valence-corrected chi connectivity index (χ2v) is 6.26. The predicted molar refractivity (Wildman–Crippen MR) is 79.8 cm³/mol. The quantitative estimate of drug-likeness (QED) is 0.872. The van der Waals surface area contributed by atoms with E-state index in [1.807, 2.05) is 0 Å². The Morgan fingerprint density at radius 1 is 1.48 bits per heavy atom. The summed E-state index contributed by atoms with van der Waals surface area (Å²) in [7, 11) is 0. The molecule has 2 saturated heterocycles. The van der Waals surface area contributed by atoms with E-state index in [4.69, 9.17) is 16.3 Å². The van der Waals surface area contributed by atoms with Crippen molar-refractivity contribution in [2.75, 3.05) is 19.7 Å². The van der Waals surface area contributed by atoms with Crippen LogP contribution in [0.15, 0.2) is 18.2 Å². The van der Waals surface area contributed by atoms with Gasteiger partial charge in [0.2, 0.25) is 0 Å². The van der Waals surface area contributed by atoms with Gasteiger partial charge in [0.15, 0.2) is 0 Å². The molecule has 114 valence electrons. The van der Waals surface area contributed by atoms with Gasteiger partial charge in [0, 0.05) is 30.2 Å². The van der Waals surface area contributed by atoms with Crippen molar-refractivity contribution in [2.24, 2.45) is 0 Å². The molecule has 0 aromatic heterocycles. The Bertz CT molecular complexity index is 552. The van der Waals surface area contributed by atoms with Crippen molar-refractivity contribution >= 4 is 17.5 Å². The van der Waals surface area contributed by atoms with E-state index in [1.54, 1.807) is 12.1 Å². The Labute approximate surface area is 128 Å². The highest BCUT2D eigenvalue weighted by atomic mass is 35.5. The van der Waals surface area contributed by atoms with E-state index in [0.29, 0.717) is 11.1 Å². The lowest BCUT2D eigenvalue weighted by Gasteiger charge is -2.33. The summed E-state index contributed by atoms with van der Waals surface area (Å²) in [6.07, 6.45) is 1.13. The van der Waals surface area contributed by atoms with Crippen molar-refractivity contribution < 1.29 is 14.6 Å². The number of morpholine rings is 1. The van der Waals surface area contributed by atoms with Crippen molar-refractivity contribution in [3.05, 3.63) is 28.8 Å². The summed E-state index contributed by atoms with van der Waals surface area (Å²) >= 11 is 5.78. The van der Waals surface area contributed by atoms with E-state index in [2.05, 4.69) is 17.1 Å². The van der Waals surface area contributed by atoms with E-state index >= 15 is 0 Å². The smallest absolute Gasteiger partial charge is 0.255 e. The number of carbonyl (C=O) groups excluding carboxylic acids is 1. The van der Waals surface area contributed by atoms with Gasteiger partial charge < -0.3 is 15.2 Å². The second kappa shape index (κ2) is 5.83. The first-order valence-electron chi connectivity index (χ1n) is 7.18. The molecule has 0 spiro atoms. The molecular weight excluding hydrogens is 292 g/mol. The summed E-state index contributed by atoms with van der Waals surface area (Å²) in [5.41, 5.74) is 0.258. The summed E-state index contributed by atoms with van der Waals surface area (Å²) in [6.45, 7) is 4.52. The monoisotopic (exact) mass is 310 g/mol. The first-order chi connectivity index (χ1) is 10.0. The van der Waals surface area contributed by atoms with Gasteiger partial charge in [0.05, 0.1) is 18.3 Å². The van der Waals surface area contributed by atoms with Crippen LogP contribution in [-0.2, 0) is 4.74 Å². The van der Waals surface area contributed by atoms with Crippen LogP contribution in [0.3, 0.4) is 0 Å². The molecule has 2 aliphatic heterocycles. The number of halogens is 1. The molecule has 0 bridgehead atoms. The van der Waals surface area contributed by atoms with Gasteiger partial charge in [-0.25, -0.2) is 0 Å². The number of carbonyl (C=O) groups is 1. The molecule has 2 N–H and O–H groups in total. The van der Waals surface area contributed by atoms with Gasteiger partial charge in [-0.3, -0.25) is 9.69 Å². The highest BCUT2D eigenvalue weighted by Crippen LogP contribution is 2.25. The summed E-state index contributed by atoms with van der Waals surface area (Å²) < 4.78 is 5.65. The minimum absolute atomic E-state index is 0.0893. The molecular formula is C15H19ClN2O3. The number of phenols is 1. The number of aromatic hydroxyl groups is 1. The molecule has 2 aliphatic rings. The van der Waals surface area contributed by atoms with Gasteiger partial charge in [-0.2, -0.15) is 0 Å². The number of hydrogen-bond donors (Lipinski definition) is 2. The van der Waals surface area contributed by atoms with Gasteiger partial charge in [0.1, 0.15) is 5.75 Å². The number of phenolic OH excluding ortho intramolecular Hbond substituents is 1. The Morgan fingerprint density at radius 2 is 2.29 bits per heavy atom. The number of rotatable bonds is 2. The molecule has 3 rings (SSSR count). The van der Waals surface area contributed by atoms with Crippen LogP contribution < -0.4 is 5.32 Å². The van der Waals surface area contributed by atoms with Gasteiger partial charge >= 0.3 is 0 Å². The van der Waals surface area contributed by atoms with E-state index in [-0.39, 0.29) is 29.4 Å². The molecule has 1 aromatic carbocycles. The third-order valence-corrected chi connectivity index (χ3v) is 4.37. The summed E-state index contributed by atoms with van der Waals surface area (Å²) in [6, 6.07) is 4.99. The minimum atomic E-state index is -0.261. The number of nitrogens with one attached hydrogen (secondary N) is 1. The third kappa shape index (κ3) is 3.15. The van der Waals surface area contributed by atoms with Gasteiger partial charge in [-0.05, 0) is 31.5 Å². The fourth-order valence-electron chi connectivity index (χ4n) is 3.10. The third-order valence-electron chi connectivity index (χ3n) is 4.13. The molecule has 1 aromatic rings. The number of hydrogen-bond acceptors (Lipinski definition) is 4. The SMILES string of the molecule is C[C@H]1CN2C[C@H](NC(=O)c3ccc(Cl)cc3O)C[C@H]2CO1. The highest BCUT2D eigenvalue weighted by molar-refractivity contribution is 6.30. The lowest BCUT2D eigenvalue weighted by Crippen LogP contribution is -2.45. The van der Waals surface area contributed by atoms with E-state index < -0.39 is 0 Å². The van der Waals surface area contributed by atoms with Crippen molar-refractivity contribution in [1.82, 2.24) is 10.2 Å². The highest BCUT2D eigenvalue weighted by Gasteiger charge is 2.36. The number of amides is 1. The van der Waals surface area contributed by atoms with Crippen LogP contribution in [0.5, 0.6) is 5.75 Å². The Morgan fingerprint density at radius 3 is 3.05 bits per heavy atom. The Kier molecular flexibility index (Phi) is 4.06. The average molecular weight is 311 g/mol. The van der Waals surface area contributed by atoms with Crippen molar-refractivity contribution in [3.63, 3.8) is 0 Å². The predicted octanol–water partition coefficient (Wildman–Crippen LogP) is 1.64. The van der Waals surface area contributed by atoms with Gasteiger partial charge in [-0.1, -0.05) is 11.6 Å².